The summed E-state index contributed by atoms with van der Waals surface area (Å²) in [4.78, 5) is 18.6. The van der Waals surface area contributed by atoms with Gasteiger partial charge in [-0.1, -0.05) is 6.07 Å². The number of fused-ring (bicyclic) bond motifs is 1. The van der Waals surface area contributed by atoms with Crippen LogP contribution in [0.1, 0.15) is 49.8 Å². The van der Waals surface area contributed by atoms with Crippen molar-refractivity contribution in [2.24, 2.45) is 0 Å². The van der Waals surface area contributed by atoms with Crippen molar-refractivity contribution in [2.75, 3.05) is 6.54 Å². The first kappa shape index (κ1) is 16.5. The van der Waals surface area contributed by atoms with Crippen molar-refractivity contribution in [1.82, 2.24) is 19.8 Å². The molecule has 24 heavy (non-hydrogen) atoms. The number of aromatic nitrogens is 2. The lowest BCUT2D eigenvalue weighted by Gasteiger charge is -2.35. The maximum absolute atomic E-state index is 13.5. The van der Waals surface area contributed by atoms with Crippen molar-refractivity contribution in [1.29, 1.82) is 0 Å². The van der Waals surface area contributed by atoms with Crippen molar-refractivity contribution in [3.8, 4) is 0 Å². The topological polar surface area (TPSA) is 50.2 Å². The molecular formula is C18H23FN4O. The zero-order valence-corrected chi connectivity index (χ0v) is 14.3. The Kier molecular flexibility index (Phi) is 4.55. The van der Waals surface area contributed by atoms with Crippen molar-refractivity contribution >= 4 is 6.03 Å². The number of carbonyl (C=O) groups is 1. The molecule has 1 atom stereocenters. The van der Waals surface area contributed by atoms with Gasteiger partial charge < -0.3 is 14.8 Å². The molecule has 2 heterocycles. The number of nitrogens with zero attached hydrogens (tertiary/aromatic N) is 3. The van der Waals surface area contributed by atoms with E-state index in [0.717, 1.165) is 23.4 Å². The van der Waals surface area contributed by atoms with E-state index >= 15 is 0 Å². The number of carbonyl (C=O) groups excluding carboxylic acids is 1. The molecule has 0 saturated carbocycles. The molecule has 0 saturated heterocycles. The Morgan fingerprint density at radius 3 is 3.00 bits per heavy atom. The highest BCUT2D eigenvalue weighted by Gasteiger charge is 2.28. The quantitative estimate of drug-likeness (QED) is 0.937. The molecular weight excluding hydrogens is 307 g/mol. The maximum Gasteiger partial charge on any atom is 0.318 e. The summed E-state index contributed by atoms with van der Waals surface area (Å²) in [7, 11) is 0. The first-order valence-electron chi connectivity index (χ1n) is 8.32. The van der Waals surface area contributed by atoms with Gasteiger partial charge in [0.05, 0.1) is 12.6 Å². The van der Waals surface area contributed by atoms with E-state index in [9.17, 15) is 9.18 Å². The van der Waals surface area contributed by atoms with Crippen LogP contribution in [0.25, 0.3) is 0 Å². The molecule has 3 rings (SSSR count). The molecule has 1 aliphatic rings. The highest BCUT2D eigenvalue weighted by atomic mass is 19.1. The standard InChI is InChI=1S/C18H23FN4O/c1-12(2)22-9-7-20-17(22)11-21-18(24)23-8-6-14-4-5-15(19)10-16(14)13(23)3/h4-5,7,9-10,12-13H,6,8,11H2,1-3H3,(H,21,24)/t13-/m0/s1. The summed E-state index contributed by atoms with van der Waals surface area (Å²) in [6.07, 6.45) is 4.40. The number of halogens is 1. The van der Waals surface area contributed by atoms with Crippen LogP contribution in [0.4, 0.5) is 9.18 Å². The summed E-state index contributed by atoms with van der Waals surface area (Å²) < 4.78 is 15.6. The zero-order valence-electron chi connectivity index (χ0n) is 14.3. The summed E-state index contributed by atoms with van der Waals surface area (Å²) in [6, 6.07) is 4.83. The van der Waals surface area contributed by atoms with E-state index in [1.54, 1.807) is 11.1 Å². The number of amides is 2. The average Bonchev–Trinajstić information content (AvgIpc) is 3.02. The van der Waals surface area contributed by atoms with E-state index in [1.807, 2.05) is 23.8 Å². The average molecular weight is 330 g/mol. The third-order valence-electron chi connectivity index (χ3n) is 4.61. The lowest BCUT2D eigenvalue weighted by Crippen LogP contribution is -2.44. The van der Waals surface area contributed by atoms with E-state index < -0.39 is 0 Å². The molecule has 2 aromatic rings. The van der Waals surface area contributed by atoms with Crippen molar-refractivity contribution < 1.29 is 9.18 Å². The van der Waals surface area contributed by atoms with Gasteiger partial charge in [0.2, 0.25) is 0 Å². The SMILES string of the molecule is CC(C)n1ccnc1CNC(=O)N1CCc2ccc(F)cc2[C@@H]1C. The fraction of sp³-hybridized carbons (Fsp3) is 0.444. The lowest BCUT2D eigenvalue weighted by molar-refractivity contribution is 0.173. The predicted octanol–water partition coefficient (Wildman–Crippen LogP) is 3.43. The summed E-state index contributed by atoms with van der Waals surface area (Å²) in [5.41, 5.74) is 2.00. The third kappa shape index (κ3) is 3.13. The Morgan fingerprint density at radius 1 is 1.46 bits per heavy atom. The Labute approximate surface area is 141 Å². The lowest BCUT2D eigenvalue weighted by atomic mass is 9.94. The van der Waals surface area contributed by atoms with Crippen molar-refractivity contribution in [3.05, 3.63) is 53.4 Å². The molecule has 1 aromatic carbocycles. The van der Waals surface area contributed by atoms with Gasteiger partial charge in [-0.2, -0.15) is 0 Å². The molecule has 0 bridgehead atoms. The van der Waals surface area contributed by atoms with E-state index in [1.165, 1.54) is 12.1 Å². The molecule has 0 aliphatic carbocycles. The van der Waals surface area contributed by atoms with Crippen LogP contribution in [-0.4, -0.2) is 27.0 Å². The largest absolute Gasteiger partial charge is 0.331 e. The number of rotatable bonds is 3. The van der Waals surface area contributed by atoms with Crippen LogP contribution in [-0.2, 0) is 13.0 Å². The number of benzene rings is 1. The van der Waals surface area contributed by atoms with Crippen LogP contribution in [0.5, 0.6) is 0 Å². The van der Waals surface area contributed by atoms with Crippen LogP contribution in [0.15, 0.2) is 30.6 Å². The highest BCUT2D eigenvalue weighted by Crippen LogP contribution is 2.29. The molecule has 1 aliphatic heterocycles. The second-order valence-electron chi connectivity index (χ2n) is 6.47. The Morgan fingerprint density at radius 2 is 2.25 bits per heavy atom. The van der Waals surface area contributed by atoms with Crippen molar-refractivity contribution in [2.45, 2.75) is 45.8 Å². The molecule has 128 valence electrons. The van der Waals surface area contributed by atoms with Crippen molar-refractivity contribution in [3.63, 3.8) is 0 Å². The first-order valence-corrected chi connectivity index (χ1v) is 8.32. The summed E-state index contributed by atoms with van der Waals surface area (Å²) in [5.74, 6) is 0.566. The number of urea groups is 1. The van der Waals surface area contributed by atoms with Crippen LogP contribution >= 0.6 is 0 Å². The number of hydrogen-bond donors (Lipinski definition) is 1. The molecule has 0 fully saturated rings. The van der Waals surface area contributed by atoms with Gasteiger partial charge in [-0.15, -0.1) is 0 Å². The second-order valence-corrected chi connectivity index (χ2v) is 6.47. The molecule has 6 heteroatoms. The molecule has 5 nitrogen and oxygen atoms in total. The Hall–Kier alpha value is -2.37. The predicted molar refractivity (Wildman–Crippen MR) is 90.1 cm³/mol. The molecule has 0 radical (unpaired) electrons. The number of nitrogens with one attached hydrogen (secondary N) is 1. The van der Waals surface area contributed by atoms with Gasteiger partial charge in [-0.3, -0.25) is 0 Å². The van der Waals surface area contributed by atoms with Crippen LogP contribution in [0, 0.1) is 5.82 Å². The number of hydrogen-bond acceptors (Lipinski definition) is 2. The zero-order chi connectivity index (χ0) is 17.3. The molecule has 1 aromatic heterocycles. The normalized spacial score (nSPS) is 17.0. The monoisotopic (exact) mass is 330 g/mol. The van der Waals surface area contributed by atoms with Crippen LogP contribution in [0.3, 0.4) is 0 Å². The van der Waals surface area contributed by atoms with Gasteiger partial charge >= 0.3 is 6.03 Å². The Bertz CT molecular complexity index is 740. The minimum atomic E-state index is -0.262. The summed E-state index contributed by atoms with van der Waals surface area (Å²) >= 11 is 0. The smallest absolute Gasteiger partial charge is 0.318 e. The van der Waals surface area contributed by atoms with E-state index in [0.29, 0.717) is 19.1 Å². The minimum absolute atomic E-state index is 0.143. The number of imidazole rings is 1. The molecule has 0 unspecified atom stereocenters. The van der Waals surface area contributed by atoms with Gasteiger partial charge in [-0.25, -0.2) is 14.2 Å². The van der Waals surface area contributed by atoms with Gasteiger partial charge in [-0.05, 0) is 50.5 Å². The Balaban J connectivity index is 1.68. The summed E-state index contributed by atoms with van der Waals surface area (Å²) in [5, 5.41) is 2.94. The van der Waals surface area contributed by atoms with Gasteiger partial charge in [0.25, 0.3) is 0 Å². The van der Waals surface area contributed by atoms with Gasteiger partial charge in [0, 0.05) is 25.0 Å². The fourth-order valence-corrected chi connectivity index (χ4v) is 3.27. The van der Waals surface area contributed by atoms with E-state index in [4.69, 9.17) is 0 Å². The third-order valence-corrected chi connectivity index (χ3v) is 4.61. The maximum atomic E-state index is 13.5. The highest BCUT2D eigenvalue weighted by molar-refractivity contribution is 5.75. The molecule has 1 N–H and O–H groups in total. The fourth-order valence-electron chi connectivity index (χ4n) is 3.27. The van der Waals surface area contributed by atoms with E-state index in [-0.39, 0.29) is 17.9 Å². The molecule has 2 amide bonds. The van der Waals surface area contributed by atoms with E-state index in [2.05, 4.69) is 24.1 Å². The summed E-state index contributed by atoms with van der Waals surface area (Å²) in [6.45, 7) is 7.09. The first-order chi connectivity index (χ1) is 11.5. The van der Waals surface area contributed by atoms with Gasteiger partial charge in [0.15, 0.2) is 0 Å². The van der Waals surface area contributed by atoms with Crippen LogP contribution < -0.4 is 5.32 Å². The second kappa shape index (κ2) is 6.63. The van der Waals surface area contributed by atoms with Gasteiger partial charge in [0.1, 0.15) is 11.6 Å². The minimum Gasteiger partial charge on any atom is -0.331 e. The molecule has 0 spiro atoms. The van der Waals surface area contributed by atoms with Crippen LogP contribution in [0.2, 0.25) is 0 Å².